The first-order chi connectivity index (χ1) is 14.0. The number of nitrogens with one attached hydrogen (secondary N) is 1. The van der Waals surface area contributed by atoms with Crippen molar-refractivity contribution < 1.29 is 18.7 Å². The second-order valence-corrected chi connectivity index (χ2v) is 6.64. The van der Waals surface area contributed by atoms with Crippen molar-refractivity contribution in [1.82, 2.24) is 4.98 Å². The highest BCUT2D eigenvalue weighted by atomic mass is 35.5. The number of carbonyl (C=O) groups is 1. The predicted molar refractivity (Wildman–Crippen MR) is 111 cm³/mol. The number of amides is 1. The molecule has 1 N–H and O–H groups in total. The van der Waals surface area contributed by atoms with Crippen LogP contribution in [0.2, 0.25) is 5.02 Å². The molecule has 0 spiro atoms. The van der Waals surface area contributed by atoms with Crippen LogP contribution in [0.15, 0.2) is 54.7 Å². The molecule has 29 heavy (non-hydrogen) atoms. The second-order valence-electron chi connectivity index (χ2n) is 6.20. The molecule has 3 aromatic rings. The van der Waals surface area contributed by atoms with Gasteiger partial charge in [-0.2, -0.15) is 0 Å². The third-order valence-corrected chi connectivity index (χ3v) is 4.48. The number of aromatic nitrogens is 1. The summed E-state index contributed by atoms with van der Waals surface area (Å²) in [4.78, 5) is 15.6. The molecule has 0 saturated carbocycles. The molecule has 5 nitrogen and oxygen atoms in total. The zero-order valence-electron chi connectivity index (χ0n) is 16.0. The number of hydrogen-bond donors (Lipinski definition) is 1. The Bertz CT molecular complexity index is 1010. The number of nitrogens with zero attached hydrogens (tertiary/aromatic N) is 1. The molecular formula is C22H20ClFN2O3. The van der Waals surface area contributed by atoms with Crippen LogP contribution < -0.4 is 10.1 Å². The minimum absolute atomic E-state index is 0.273. The number of ether oxygens (including phenoxy) is 2. The monoisotopic (exact) mass is 414 g/mol. The normalized spacial score (nSPS) is 10.5. The van der Waals surface area contributed by atoms with Gasteiger partial charge in [-0.25, -0.2) is 14.2 Å². The van der Waals surface area contributed by atoms with Crippen LogP contribution in [0, 0.1) is 5.82 Å². The van der Waals surface area contributed by atoms with Gasteiger partial charge in [0.15, 0.2) is 0 Å². The van der Waals surface area contributed by atoms with E-state index in [4.69, 9.17) is 21.1 Å². The van der Waals surface area contributed by atoms with E-state index >= 15 is 4.39 Å². The molecule has 150 valence electrons. The van der Waals surface area contributed by atoms with E-state index in [0.717, 1.165) is 5.56 Å². The van der Waals surface area contributed by atoms with Gasteiger partial charge in [0.25, 0.3) is 0 Å². The Hall–Kier alpha value is -3.12. The highest BCUT2D eigenvalue weighted by molar-refractivity contribution is 6.30. The van der Waals surface area contributed by atoms with Gasteiger partial charge in [0.05, 0.1) is 19.3 Å². The van der Waals surface area contributed by atoms with E-state index in [-0.39, 0.29) is 12.4 Å². The number of anilines is 1. The summed E-state index contributed by atoms with van der Waals surface area (Å²) in [5.41, 5.74) is 2.29. The average Bonchev–Trinajstić information content (AvgIpc) is 2.71. The Labute approximate surface area is 173 Å². The molecule has 0 saturated heterocycles. The number of rotatable bonds is 6. The van der Waals surface area contributed by atoms with Gasteiger partial charge in [-0.3, -0.25) is 5.32 Å². The maximum Gasteiger partial charge on any atom is 0.412 e. The van der Waals surface area contributed by atoms with Crippen LogP contribution in [-0.4, -0.2) is 24.8 Å². The molecule has 0 unspecified atom stereocenters. The number of pyridine rings is 1. The Morgan fingerprint density at radius 1 is 1.21 bits per heavy atom. The van der Waals surface area contributed by atoms with Gasteiger partial charge in [0.2, 0.25) is 0 Å². The van der Waals surface area contributed by atoms with Crippen molar-refractivity contribution in [3.05, 3.63) is 76.7 Å². The first-order valence-electron chi connectivity index (χ1n) is 9.01. The number of halogens is 2. The second kappa shape index (κ2) is 9.39. The molecule has 1 heterocycles. The molecule has 1 amide bonds. The zero-order chi connectivity index (χ0) is 20.8. The third kappa shape index (κ3) is 5.03. The van der Waals surface area contributed by atoms with Crippen LogP contribution >= 0.6 is 11.6 Å². The van der Waals surface area contributed by atoms with Crippen LogP contribution in [0.3, 0.4) is 0 Å². The van der Waals surface area contributed by atoms with Crippen LogP contribution in [0.1, 0.15) is 18.1 Å². The Morgan fingerprint density at radius 2 is 2.03 bits per heavy atom. The van der Waals surface area contributed by atoms with E-state index in [9.17, 15) is 4.79 Å². The Balaban J connectivity index is 1.86. The number of benzene rings is 2. The van der Waals surface area contributed by atoms with Crippen LogP contribution in [-0.2, 0) is 11.2 Å². The van der Waals surface area contributed by atoms with Gasteiger partial charge in [0.1, 0.15) is 17.4 Å². The quantitative estimate of drug-likeness (QED) is 0.561. The van der Waals surface area contributed by atoms with Crippen molar-refractivity contribution in [3.63, 3.8) is 0 Å². The predicted octanol–water partition coefficient (Wildman–Crippen LogP) is 5.71. The Morgan fingerprint density at radius 3 is 2.69 bits per heavy atom. The van der Waals surface area contributed by atoms with Crippen molar-refractivity contribution in [3.8, 4) is 16.9 Å². The SMILES string of the molecule is CCOC(=O)Nc1ccc(Cc2ccc(OC)c(-c3cccc(Cl)c3)c2F)cn1. The summed E-state index contributed by atoms with van der Waals surface area (Å²) in [7, 11) is 1.50. The minimum Gasteiger partial charge on any atom is -0.496 e. The van der Waals surface area contributed by atoms with E-state index < -0.39 is 6.09 Å². The highest BCUT2D eigenvalue weighted by Crippen LogP contribution is 2.36. The van der Waals surface area contributed by atoms with Crippen molar-refractivity contribution in [2.75, 3.05) is 19.0 Å². The van der Waals surface area contributed by atoms with E-state index in [1.807, 2.05) is 0 Å². The highest BCUT2D eigenvalue weighted by Gasteiger charge is 2.17. The lowest BCUT2D eigenvalue weighted by Gasteiger charge is -2.14. The number of carbonyl (C=O) groups excluding carboxylic acids is 1. The summed E-state index contributed by atoms with van der Waals surface area (Å²) >= 11 is 6.07. The molecule has 0 aliphatic carbocycles. The third-order valence-electron chi connectivity index (χ3n) is 4.24. The minimum atomic E-state index is -0.569. The van der Waals surface area contributed by atoms with E-state index in [1.54, 1.807) is 61.7 Å². The van der Waals surface area contributed by atoms with Gasteiger partial charge in [0, 0.05) is 17.6 Å². The van der Waals surface area contributed by atoms with E-state index in [0.29, 0.717) is 39.7 Å². The van der Waals surface area contributed by atoms with Gasteiger partial charge in [-0.05, 0) is 47.9 Å². The van der Waals surface area contributed by atoms with Crippen molar-refractivity contribution >= 4 is 23.5 Å². The molecule has 0 bridgehead atoms. The summed E-state index contributed by atoms with van der Waals surface area (Å²) in [6, 6.07) is 13.8. The van der Waals surface area contributed by atoms with E-state index in [1.165, 1.54) is 7.11 Å². The molecular weight excluding hydrogens is 395 g/mol. The van der Waals surface area contributed by atoms with Crippen molar-refractivity contribution in [1.29, 1.82) is 0 Å². The summed E-state index contributed by atoms with van der Waals surface area (Å²) in [6.07, 6.45) is 1.35. The summed E-state index contributed by atoms with van der Waals surface area (Å²) in [5, 5.41) is 3.04. The molecule has 0 radical (unpaired) electrons. The summed E-state index contributed by atoms with van der Waals surface area (Å²) in [5.74, 6) is 0.419. The fraction of sp³-hybridized carbons (Fsp3) is 0.182. The molecule has 1 aromatic heterocycles. The maximum absolute atomic E-state index is 15.3. The topological polar surface area (TPSA) is 60.5 Å². The van der Waals surface area contributed by atoms with Crippen molar-refractivity contribution in [2.45, 2.75) is 13.3 Å². The summed E-state index contributed by atoms with van der Waals surface area (Å²) in [6.45, 7) is 1.99. The van der Waals surface area contributed by atoms with Crippen LogP contribution in [0.5, 0.6) is 5.75 Å². The lowest BCUT2D eigenvalue weighted by atomic mass is 9.97. The smallest absolute Gasteiger partial charge is 0.412 e. The lowest BCUT2D eigenvalue weighted by molar-refractivity contribution is 0.168. The van der Waals surface area contributed by atoms with Gasteiger partial charge >= 0.3 is 6.09 Å². The molecule has 0 atom stereocenters. The fourth-order valence-electron chi connectivity index (χ4n) is 2.92. The fourth-order valence-corrected chi connectivity index (χ4v) is 3.11. The lowest BCUT2D eigenvalue weighted by Crippen LogP contribution is -2.14. The molecule has 0 aliphatic heterocycles. The summed E-state index contributed by atoms with van der Waals surface area (Å²) < 4.78 is 25.5. The first kappa shape index (κ1) is 20.6. The largest absolute Gasteiger partial charge is 0.496 e. The molecule has 7 heteroatoms. The number of methoxy groups -OCH3 is 1. The van der Waals surface area contributed by atoms with E-state index in [2.05, 4.69) is 10.3 Å². The maximum atomic E-state index is 15.3. The van der Waals surface area contributed by atoms with Gasteiger partial charge < -0.3 is 9.47 Å². The first-order valence-corrected chi connectivity index (χ1v) is 9.39. The molecule has 0 aliphatic rings. The Kier molecular flexibility index (Phi) is 6.67. The molecule has 0 fully saturated rings. The van der Waals surface area contributed by atoms with Gasteiger partial charge in [-0.15, -0.1) is 0 Å². The van der Waals surface area contributed by atoms with Crippen molar-refractivity contribution in [2.24, 2.45) is 0 Å². The van der Waals surface area contributed by atoms with Crippen LogP contribution in [0.25, 0.3) is 11.1 Å². The van der Waals surface area contributed by atoms with Gasteiger partial charge in [-0.1, -0.05) is 35.9 Å². The average molecular weight is 415 g/mol. The zero-order valence-corrected chi connectivity index (χ0v) is 16.8. The van der Waals surface area contributed by atoms with Crippen LogP contribution in [0.4, 0.5) is 15.0 Å². The molecule has 2 aromatic carbocycles. The standard InChI is InChI=1S/C22H20ClFN2O3/c1-3-29-22(27)26-19-10-7-14(13-25-19)11-16-8-9-18(28-2)20(21(16)24)15-5-4-6-17(23)12-15/h4-10,12-13H,3,11H2,1-2H3,(H,25,26,27). The number of hydrogen-bond acceptors (Lipinski definition) is 4. The molecule has 3 rings (SSSR count).